The summed E-state index contributed by atoms with van der Waals surface area (Å²) in [6.07, 6.45) is -11.8. The Bertz CT molecular complexity index is 6290. The van der Waals surface area contributed by atoms with Gasteiger partial charge in [-0.25, -0.2) is 66.1 Å². The second-order valence-electron chi connectivity index (χ2n) is 31.3. The van der Waals surface area contributed by atoms with E-state index >= 15 is 0 Å². The fourth-order valence-corrected chi connectivity index (χ4v) is 21.5. The van der Waals surface area contributed by atoms with Crippen molar-refractivity contribution in [3.05, 3.63) is 113 Å². The predicted molar refractivity (Wildman–Crippen MR) is 451 cm³/mol. The molecule has 6 unspecified atom stereocenters. The second kappa shape index (κ2) is 41.0. The number of aliphatic hydroxyl groups excluding tert-OH is 2. The summed E-state index contributed by atoms with van der Waals surface area (Å²) in [6.45, 7) is 13.9. The number of amides is 4. The number of carbonyl (C=O) groups excluding carboxylic acids is 6. The number of fused-ring (bicyclic) bond motifs is 6. The Balaban J connectivity index is 0.000000255. The van der Waals surface area contributed by atoms with Crippen molar-refractivity contribution < 1.29 is 169 Å². The molecule has 0 aliphatic carbocycles. The lowest BCUT2D eigenvalue weighted by Gasteiger charge is -2.47. The van der Waals surface area contributed by atoms with Crippen LogP contribution in [0.3, 0.4) is 0 Å². The van der Waals surface area contributed by atoms with E-state index in [9.17, 15) is 105 Å². The van der Waals surface area contributed by atoms with Crippen LogP contribution >= 0.6 is 46.9 Å². The van der Waals surface area contributed by atoms with Crippen molar-refractivity contribution in [1.82, 2.24) is 60.3 Å². The van der Waals surface area contributed by atoms with Gasteiger partial charge in [0.1, 0.15) is 46.7 Å². The maximum absolute atomic E-state index is 13.0. The lowest BCUT2D eigenvalue weighted by molar-refractivity contribution is -0.121. The van der Waals surface area contributed by atoms with E-state index in [0.29, 0.717) is 36.7 Å². The Morgan fingerprint density at radius 1 is 0.523 bits per heavy atom. The number of hydrogen-bond donors (Lipinski definition) is 18. The zero-order chi connectivity index (χ0) is 97.0. The van der Waals surface area contributed by atoms with Crippen molar-refractivity contribution in [2.24, 2.45) is 0 Å². The number of benzene rings is 2. The highest BCUT2D eigenvalue weighted by Gasteiger charge is 2.53. The Morgan fingerprint density at radius 2 is 0.909 bits per heavy atom. The third-order valence-corrected chi connectivity index (χ3v) is 28.3. The van der Waals surface area contributed by atoms with Gasteiger partial charge in [0.2, 0.25) is 23.7 Å². The molecule has 4 amide bonds. The van der Waals surface area contributed by atoms with Gasteiger partial charge in [-0.1, -0.05) is 13.8 Å². The number of aliphatic hydroxyl groups is 2. The standard InChI is InChI=1S/2C35H47N8O20P3/c1-5-57-31(47)20-12-18-11-19-17(2)14-35(3,4)43(21(19)13-22(18)60-32(20)48)10-6-7-24(44)37-8-9-38-34(49)61-27-23(15-58-65(53,54)63-66(55,56)62-64(50,51)52)59-30(26(27)45)42-16-39-25-28(42)40-33(36)41-29(25)46;1-5-57-31(47)20-12-18-11-19-17(2)14-35(3,4)43(21(19)13-22(18)60-32(20)48)10-6-7-24(44)37-8-9-38-34(49)61-27-26(45)23(15-58-65(53,54)63-66(55,56)62-64(50,51)52)59-30(27)42-16-39-25-28(42)40-33(36)41-29(25)46/h2*11-13,16-17,23,26-27,30,45H,5-10,14-15H2,1-4H3,(H,37,44)(H,38,49)(H,53,54)(H,55,56)(H2,50,51,52)(H3,36,40,41,46)/t2*17?,23-,26-,27-,30-/m11/s1. The first-order valence-corrected chi connectivity index (χ1v) is 48.8. The number of esters is 2. The lowest BCUT2D eigenvalue weighted by Crippen LogP contribution is -2.49. The molecule has 10 heterocycles. The molecule has 6 aromatic heterocycles. The lowest BCUT2D eigenvalue weighted by atomic mass is 9.79. The number of ether oxygens (including phenoxy) is 6. The summed E-state index contributed by atoms with van der Waals surface area (Å²) in [5.41, 5.74) is 10.3. The quantitative estimate of drug-likeness (QED) is 0.00882. The van der Waals surface area contributed by atoms with Gasteiger partial charge in [-0.05, 0) is 114 Å². The number of H-pyrrole nitrogens is 2. The number of nitrogens with zero attached hydrogens (tertiary/aromatic N) is 8. The number of phosphoric ester groups is 2. The number of nitrogen functional groups attached to an aromatic ring is 2. The maximum Gasteiger partial charge on any atom is 0.490 e. The van der Waals surface area contributed by atoms with Gasteiger partial charge in [0.25, 0.3) is 11.1 Å². The van der Waals surface area contributed by atoms with Crippen LogP contribution in [-0.4, -0.2) is 238 Å². The van der Waals surface area contributed by atoms with Crippen LogP contribution in [-0.2, 0) is 91.7 Å². The van der Waals surface area contributed by atoms with Crippen LogP contribution in [0.2, 0.25) is 0 Å². The number of aromatic amines is 2. The largest absolute Gasteiger partial charge is 0.490 e. The van der Waals surface area contributed by atoms with Crippen molar-refractivity contribution in [3.63, 3.8) is 0 Å². The molecule has 8 aromatic rings. The molecule has 2 saturated heterocycles. The first-order valence-electron chi connectivity index (χ1n) is 39.8. The molecule has 4 aliphatic heterocycles. The number of imidazole rings is 2. The Hall–Kier alpha value is -10.2. The number of aromatic nitrogens is 8. The molecule has 62 heteroatoms. The molecule has 0 bridgehead atoms. The number of alkyl carbamates (subject to hydrolysis) is 2. The van der Waals surface area contributed by atoms with Gasteiger partial charge in [-0.2, -0.15) is 27.2 Å². The monoisotopic (exact) mass is 1980 g/mol. The Labute approximate surface area is 742 Å². The number of rotatable bonds is 36. The van der Waals surface area contributed by atoms with Gasteiger partial charge in [-0.15, -0.1) is 0 Å². The molecule has 14 atom stereocenters. The molecular formula is C70H94N16O40P6. The molecule has 12 rings (SSSR count). The normalized spacial score (nSPS) is 22.3. The van der Waals surface area contributed by atoms with Gasteiger partial charge in [0.15, 0.2) is 47.0 Å². The molecule has 0 radical (unpaired) electrons. The summed E-state index contributed by atoms with van der Waals surface area (Å²) in [4.78, 5) is 225. The van der Waals surface area contributed by atoms with Gasteiger partial charge in [0.05, 0.1) is 39.1 Å². The third kappa shape index (κ3) is 25.5. The van der Waals surface area contributed by atoms with E-state index in [1.165, 1.54) is 12.1 Å². The van der Waals surface area contributed by atoms with Crippen LogP contribution in [0, 0.1) is 0 Å². The van der Waals surface area contributed by atoms with Crippen molar-refractivity contribution in [1.29, 1.82) is 0 Å². The minimum Gasteiger partial charge on any atom is -0.462 e. The summed E-state index contributed by atoms with van der Waals surface area (Å²) >= 11 is 0. The van der Waals surface area contributed by atoms with Gasteiger partial charge in [-0.3, -0.25) is 47.3 Å². The van der Waals surface area contributed by atoms with Gasteiger partial charge < -0.3 is 129 Å². The van der Waals surface area contributed by atoms with E-state index in [4.69, 9.17) is 68.3 Å². The molecule has 724 valence electrons. The zero-order valence-electron chi connectivity index (χ0n) is 70.8. The molecule has 20 N–H and O–H groups in total. The molecule has 132 heavy (non-hydrogen) atoms. The van der Waals surface area contributed by atoms with E-state index in [1.807, 2.05) is 12.1 Å². The maximum atomic E-state index is 13.0. The predicted octanol–water partition coefficient (Wildman–Crippen LogP) is 2.74. The average molecular weight is 1990 g/mol. The summed E-state index contributed by atoms with van der Waals surface area (Å²) in [7, 11) is -34.6. The van der Waals surface area contributed by atoms with Crippen LogP contribution in [0.4, 0.5) is 32.9 Å². The van der Waals surface area contributed by atoms with Crippen LogP contribution in [0.5, 0.6) is 0 Å². The fourth-order valence-electron chi connectivity index (χ4n) is 15.4. The van der Waals surface area contributed by atoms with Crippen molar-refractivity contribution >= 4 is 150 Å². The van der Waals surface area contributed by atoms with Crippen molar-refractivity contribution in [2.75, 3.05) is 87.0 Å². The Morgan fingerprint density at radius 3 is 1.32 bits per heavy atom. The molecule has 0 saturated carbocycles. The summed E-state index contributed by atoms with van der Waals surface area (Å²) < 4.78 is 140. The highest BCUT2D eigenvalue weighted by atomic mass is 31.3. The number of anilines is 4. The number of nitrogens with one attached hydrogen (secondary N) is 6. The van der Waals surface area contributed by atoms with Crippen LogP contribution in [0.1, 0.15) is 150 Å². The van der Waals surface area contributed by atoms with Crippen LogP contribution in [0.15, 0.2) is 77.1 Å². The van der Waals surface area contributed by atoms with Crippen LogP contribution < -0.4 is 64.9 Å². The summed E-state index contributed by atoms with van der Waals surface area (Å²) in [5, 5.41) is 33.7. The second-order valence-corrected chi connectivity index (χ2v) is 40.1. The first-order chi connectivity index (χ1) is 61.6. The topological polar surface area (TPSA) is 812 Å². The SMILES string of the molecule is CCOC(=O)c1cc2cc3c(cc2oc1=O)N(CCCC(=O)NCCNC(=O)O[C@@H]1[C@H](O)[C@@H](COP(=O)(O)OP(=O)(O)OP(=O)(O)O)O[C@H]1n1cnc2c(=O)[nH]c(N)nc21)C(C)(C)CC3C.CCOC(=O)c1cc2cc3c(cc2oc1=O)N(CCCC(=O)NCCNC(=O)O[C@H]1[C@@H](O)[C@H](n2cnc4c(=O)[nH]c(N)nc42)O[C@@H]1COP(=O)(O)OP(=O)(O)OP(=O)(O)O)C(C)(C)CC3C. The molecule has 2 aromatic carbocycles. The number of phosphoric acid groups is 6. The molecule has 56 nitrogen and oxygen atoms in total. The van der Waals surface area contributed by atoms with Gasteiger partial charge in [0, 0.05) is 97.5 Å². The average Bonchev–Trinajstić information content (AvgIpc) is 1.19. The summed E-state index contributed by atoms with van der Waals surface area (Å²) in [6, 6.07) is 10.2. The molecule has 0 spiro atoms. The number of carbonyl (C=O) groups is 6. The molecular weight excluding hydrogens is 1890 g/mol. The van der Waals surface area contributed by atoms with Gasteiger partial charge >= 0.3 is 82.3 Å². The number of nitrogens with two attached hydrogens (primary N) is 2. The van der Waals surface area contributed by atoms with Crippen LogP contribution in [0.25, 0.3) is 44.3 Å². The molecule has 4 aliphatic rings. The Kier molecular flexibility index (Phi) is 31.8. The van der Waals surface area contributed by atoms with E-state index < -0.39 is 156 Å². The van der Waals surface area contributed by atoms with E-state index in [-0.39, 0.29) is 143 Å². The highest BCUT2D eigenvalue weighted by molar-refractivity contribution is 7.67. The van der Waals surface area contributed by atoms with E-state index in [2.05, 4.69) is 129 Å². The summed E-state index contributed by atoms with van der Waals surface area (Å²) in [5.74, 6) is -2.75. The van der Waals surface area contributed by atoms with E-state index in [0.717, 1.165) is 57.1 Å². The highest BCUT2D eigenvalue weighted by Crippen LogP contribution is 2.68. The molecule has 2 fully saturated rings. The first kappa shape index (κ1) is 102. The minimum atomic E-state index is -5.91. The van der Waals surface area contributed by atoms with Crippen molar-refractivity contribution in [2.45, 2.75) is 166 Å². The third-order valence-electron chi connectivity index (χ3n) is 20.7. The van der Waals surface area contributed by atoms with Crippen molar-refractivity contribution in [3.8, 4) is 0 Å². The van der Waals surface area contributed by atoms with E-state index in [1.54, 1.807) is 26.0 Å². The smallest absolute Gasteiger partial charge is 0.462 e. The zero-order valence-corrected chi connectivity index (χ0v) is 76.2. The number of hydrogen-bond acceptors (Lipinski definition) is 40. The minimum absolute atomic E-state index is 0.0731. The fraction of sp³-hybridized carbons (Fsp3) is 0.514.